The molecule has 2 saturated heterocycles. The highest BCUT2D eigenvalue weighted by molar-refractivity contribution is 5.16. The van der Waals surface area contributed by atoms with Crippen molar-refractivity contribution in [2.45, 2.75) is 12.6 Å². The van der Waals surface area contributed by atoms with E-state index in [4.69, 9.17) is 4.74 Å². The Balaban J connectivity index is 1.61. The van der Waals surface area contributed by atoms with Crippen molar-refractivity contribution >= 4 is 0 Å². The van der Waals surface area contributed by atoms with E-state index >= 15 is 0 Å². The molecular formula is C15H21FN2O. The minimum atomic E-state index is -0.173. The number of nitrogens with zero attached hydrogens (tertiary/aromatic N) is 1. The van der Waals surface area contributed by atoms with Gasteiger partial charge in [-0.2, -0.15) is 0 Å². The Morgan fingerprint density at radius 3 is 2.47 bits per heavy atom. The molecule has 0 unspecified atom stereocenters. The fraction of sp³-hybridized carbons (Fsp3) is 0.600. The molecule has 1 aromatic rings. The summed E-state index contributed by atoms with van der Waals surface area (Å²) >= 11 is 0. The van der Waals surface area contributed by atoms with Crippen LogP contribution in [0.1, 0.15) is 5.56 Å². The van der Waals surface area contributed by atoms with E-state index in [1.54, 1.807) is 0 Å². The Labute approximate surface area is 113 Å². The number of benzene rings is 1. The molecule has 3 nitrogen and oxygen atoms in total. The van der Waals surface area contributed by atoms with E-state index in [9.17, 15) is 4.39 Å². The molecule has 2 aliphatic rings. The minimum Gasteiger partial charge on any atom is -0.381 e. The first kappa shape index (κ1) is 13.0. The molecule has 2 fully saturated rings. The summed E-state index contributed by atoms with van der Waals surface area (Å²) in [5.74, 6) is 0.962. The van der Waals surface area contributed by atoms with Crippen molar-refractivity contribution in [3.8, 4) is 0 Å². The lowest BCUT2D eigenvalue weighted by atomic mass is 9.82. The van der Waals surface area contributed by atoms with Crippen molar-refractivity contribution in [3.05, 3.63) is 35.6 Å². The Bertz CT molecular complexity index is 409. The molecule has 0 saturated carbocycles. The zero-order chi connectivity index (χ0) is 13.2. The Morgan fingerprint density at radius 2 is 1.84 bits per heavy atom. The zero-order valence-electron chi connectivity index (χ0n) is 11.3. The van der Waals surface area contributed by atoms with Gasteiger partial charge in [-0.15, -0.1) is 0 Å². The van der Waals surface area contributed by atoms with Crippen molar-refractivity contribution < 1.29 is 9.13 Å². The van der Waals surface area contributed by atoms with Gasteiger partial charge >= 0.3 is 0 Å². The molecule has 4 heteroatoms. The number of hydrogen-bond acceptors (Lipinski definition) is 3. The first-order chi connectivity index (χ1) is 9.22. The largest absolute Gasteiger partial charge is 0.381 e. The van der Waals surface area contributed by atoms with Crippen LogP contribution in [0.15, 0.2) is 24.3 Å². The van der Waals surface area contributed by atoms with Gasteiger partial charge < -0.3 is 15.0 Å². The zero-order valence-corrected chi connectivity index (χ0v) is 11.3. The van der Waals surface area contributed by atoms with Crippen LogP contribution in [0.2, 0.25) is 0 Å². The third kappa shape index (κ3) is 2.96. The number of piperidine rings is 1. The molecule has 1 aromatic carbocycles. The van der Waals surface area contributed by atoms with Gasteiger partial charge in [0.15, 0.2) is 0 Å². The van der Waals surface area contributed by atoms with Gasteiger partial charge in [-0.1, -0.05) is 12.1 Å². The molecule has 19 heavy (non-hydrogen) atoms. The second-order valence-electron chi connectivity index (χ2n) is 5.81. The number of fused-ring (bicyclic) bond motifs is 2. The monoisotopic (exact) mass is 264 g/mol. The van der Waals surface area contributed by atoms with Crippen LogP contribution in [0.25, 0.3) is 0 Å². The van der Waals surface area contributed by atoms with Crippen LogP contribution in [0.3, 0.4) is 0 Å². The van der Waals surface area contributed by atoms with Gasteiger partial charge in [0.1, 0.15) is 5.82 Å². The first-order valence-corrected chi connectivity index (χ1v) is 6.96. The molecule has 3 atom stereocenters. The van der Waals surface area contributed by atoms with Crippen molar-refractivity contribution in [1.82, 2.24) is 10.2 Å². The van der Waals surface area contributed by atoms with Gasteiger partial charge in [-0.25, -0.2) is 4.39 Å². The highest BCUT2D eigenvalue weighted by Crippen LogP contribution is 2.27. The van der Waals surface area contributed by atoms with Crippen molar-refractivity contribution in [2.75, 3.05) is 33.4 Å². The topological polar surface area (TPSA) is 24.5 Å². The van der Waals surface area contributed by atoms with Crippen LogP contribution in [-0.2, 0) is 11.3 Å². The van der Waals surface area contributed by atoms with Gasteiger partial charge in [-0.05, 0) is 24.7 Å². The van der Waals surface area contributed by atoms with Gasteiger partial charge in [0.05, 0.1) is 13.2 Å². The molecule has 3 rings (SSSR count). The molecule has 0 radical (unpaired) electrons. The summed E-state index contributed by atoms with van der Waals surface area (Å²) in [5.41, 5.74) is 1.14. The first-order valence-electron chi connectivity index (χ1n) is 6.96. The summed E-state index contributed by atoms with van der Waals surface area (Å²) in [7, 11) is 2.18. The SMILES string of the molecule is CN1C[C@H]2COC[C@@H](C1)[C@@H]2NCc1ccc(F)cc1. The summed E-state index contributed by atoms with van der Waals surface area (Å²) in [6, 6.07) is 7.27. The van der Waals surface area contributed by atoms with E-state index < -0.39 is 0 Å². The van der Waals surface area contributed by atoms with Crippen LogP contribution in [-0.4, -0.2) is 44.3 Å². The smallest absolute Gasteiger partial charge is 0.123 e. The number of hydrogen-bond donors (Lipinski definition) is 1. The van der Waals surface area contributed by atoms with E-state index in [2.05, 4.69) is 17.3 Å². The number of rotatable bonds is 3. The summed E-state index contributed by atoms with van der Waals surface area (Å²) in [6.45, 7) is 4.70. The lowest BCUT2D eigenvalue weighted by molar-refractivity contribution is -0.0589. The molecule has 0 aromatic heterocycles. The second-order valence-corrected chi connectivity index (χ2v) is 5.81. The number of halogens is 1. The Hall–Kier alpha value is -0.970. The van der Waals surface area contributed by atoms with Crippen molar-refractivity contribution in [1.29, 1.82) is 0 Å². The van der Waals surface area contributed by atoms with Crippen LogP contribution in [0.4, 0.5) is 4.39 Å². The number of nitrogens with one attached hydrogen (secondary N) is 1. The standard InChI is InChI=1S/C15H21FN2O/c1-18-7-12-9-19-10-13(8-18)15(12)17-6-11-2-4-14(16)5-3-11/h2-5,12-13,15,17H,6-10H2,1H3/t12-,13+,15+. The third-order valence-corrected chi connectivity index (χ3v) is 4.23. The minimum absolute atomic E-state index is 0.173. The molecule has 0 spiro atoms. The number of ether oxygens (including phenoxy) is 1. The average Bonchev–Trinajstić information content (AvgIpc) is 2.38. The van der Waals surface area contributed by atoms with Gasteiger partial charge in [0.25, 0.3) is 0 Å². The second kappa shape index (κ2) is 5.57. The fourth-order valence-electron chi connectivity index (χ4n) is 3.34. The summed E-state index contributed by atoms with van der Waals surface area (Å²) < 4.78 is 18.5. The van der Waals surface area contributed by atoms with Crippen molar-refractivity contribution in [2.24, 2.45) is 11.8 Å². The Morgan fingerprint density at radius 1 is 1.21 bits per heavy atom. The molecule has 2 bridgehead atoms. The summed E-state index contributed by atoms with van der Waals surface area (Å²) in [4.78, 5) is 2.40. The van der Waals surface area contributed by atoms with Gasteiger partial charge in [-0.3, -0.25) is 0 Å². The maximum Gasteiger partial charge on any atom is 0.123 e. The molecule has 0 aliphatic carbocycles. The van der Waals surface area contributed by atoms with Crippen LogP contribution < -0.4 is 5.32 Å². The molecule has 2 heterocycles. The predicted octanol–water partition coefficient (Wildman–Crippen LogP) is 1.49. The van der Waals surface area contributed by atoms with E-state index in [-0.39, 0.29) is 5.82 Å². The van der Waals surface area contributed by atoms with E-state index in [1.165, 1.54) is 12.1 Å². The normalized spacial score (nSPS) is 31.4. The van der Waals surface area contributed by atoms with Crippen LogP contribution in [0, 0.1) is 17.7 Å². The maximum atomic E-state index is 12.9. The predicted molar refractivity (Wildman–Crippen MR) is 72.3 cm³/mol. The third-order valence-electron chi connectivity index (χ3n) is 4.23. The van der Waals surface area contributed by atoms with Gasteiger partial charge in [0.2, 0.25) is 0 Å². The van der Waals surface area contributed by atoms with E-state index in [0.29, 0.717) is 17.9 Å². The number of likely N-dealkylation sites (tertiary alicyclic amines) is 1. The molecule has 1 N–H and O–H groups in total. The lowest BCUT2D eigenvalue weighted by Gasteiger charge is -2.46. The van der Waals surface area contributed by atoms with E-state index in [1.807, 2.05) is 12.1 Å². The highest BCUT2D eigenvalue weighted by Gasteiger charge is 2.38. The van der Waals surface area contributed by atoms with Crippen molar-refractivity contribution in [3.63, 3.8) is 0 Å². The summed E-state index contributed by atoms with van der Waals surface area (Å²) in [6.07, 6.45) is 0. The highest BCUT2D eigenvalue weighted by atomic mass is 19.1. The Kier molecular flexibility index (Phi) is 3.82. The van der Waals surface area contributed by atoms with Gasteiger partial charge in [0, 0.05) is 37.5 Å². The van der Waals surface area contributed by atoms with Crippen LogP contribution >= 0.6 is 0 Å². The maximum absolute atomic E-state index is 12.9. The molecule has 0 amide bonds. The summed E-state index contributed by atoms with van der Waals surface area (Å²) in [5, 5.41) is 3.65. The molecule has 104 valence electrons. The fourth-order valence-corrected chi connectivity index (χ4v) is 3.34. The quantitative estimate of drug-likeness (QED) is 0.895. The molecular weight excluding hydrogens is 243 g/mol. The van der Waals surface area contributed by atoms with Crippen LogP contribution in [0.5, 0.6) is 0 Å². The lowest BCUT2D eigenvalue weighted by Crippen LogP contribution is -2.59. The molecule has 2 aliphatic heterocycles. The average molecular weight is 264 g/mol. The van der Waals surface area contributed by atoms with E-state index in [0.717, 1.165) is 38.4 Å².